The minimum atomic E-state index is -1.13. The summed E-state index contributed by atoms with van der Waals surface area (Å²) in [5.74, 6) is -1.78. The van der Waals surface area contributed by atoms with Crippen molar-refractivity contribution in [3.63, 3.8) is 0 Å². The lowest BCUT2D eigenvalue weighted by atomic mass is 9.76. The maximum absolute atomic E-state index is 13.2. The molecule has 3 rings (SSSR count). The number of rotatable bonds is 7. The molecule has 1 aliphatic rings. The SMILES string of the molecule is CCC/C(=N\OCC)C1C(=O)CC(c2ccccc2)(c2ccccc2)OC1=O. The molecular weight excluding hydrogens is 354 g/mol. The highest BCUT2D eigenvalue weighted by Crippen LogP contribution is 2.42. The van der Waals surface area contributed by atoms with Crippen molar-refractivity contribution in [2.24, 2.45) is 11.1 Å². The molecule has 1 heterocycles. The number of Topliss-reactive ketones (excluding diaryl/α,β-unsaturated/α-hetero) is 1. The number of carbonyl (C=O) groups excluding carboxylic acids is 2. The Labute approximate surface area is 165 Å². The van der Waals surface area contributed by atoms with Crippen molar-refractivity contribution >= 4 is 17.5 Å². The minimum Gasteiger partial charge on any atom is -0.448 e. The van der Waals surface area contributed by atoms with Crippen LogP contribution in [0.25, 0.3) is 0 Å². The van der Waals surface area contributed by atoms with Gasteiger partial charge in [-0.25, -0.2) is 0 Å². The maximum Gasteiger partial charge on any atom is 0.323 e. The van der Waals surface area contributed by atoms with Crippen LogP contribution in [0.5, 0.6) is 0 Å². The number of hydrogen-bond acceptors (Lipinski definition) is 5. The fraction of sp³-hybridized carbons (Fsp3) is 0.348. The highest BCUT2D eigenvalue weighted by Gasteiger charge is 2.50. The lowest BCUT2D eigenvalue weighted by Crippen LogP contribution is -2.49. The third kappa shape index (κ3) is 3.84. The molecule has 0 radical (unpaired) electrons. The van der Waals surface area contributed by atoms with E-state index in [4.69, 9.17) is 9.57 Å². The number of nitrogens with zero attached hydrogens (tertiary/aromatic N) is 1. The van der Waals surface area contributed by atoms with Gasteiger partial charge in [0.2, 0.25) is 0 Å². The standard InChI is InChI=1S/C23H25NO4/c1-3-11-19(24-27-4-2)21-20(25)16-23(28-22(21)26,17-12-7-5-8-13-17)18-14-9-6-10-15-18/h5-10,12-15,21H,3-4,11,16H2,1-2H3/b24-19+. The zero-order valence-electron chi connectivity index (χ0n) is 16.3. The van der Waals surface area contributed by atoms with E-state index in [0.717, 1.165) is 17.5 Å². The fourth-order valence-corrected chi connectivity index (χ4v) is 3.62. The second kappa shape index (κ2) is 8.83. The number of benzene rings is 2. The number of hydrogen-bond donors (Lipinski definition) is 0. The van der Waals surface area contributed by atoms with Crippen molar-refractivity contribution in [1.82, 2.24) is 0 Å². The molecule has 0 spiro atoms. The number of esters is 1. The number of cyclic esters (lactones) is 1. The summed E-state index contributed by atoms with van der Waals surface area (Å²) in [4.78, 5) is 31.4. The first kappa shape index (κ1) is 19.8. The van der Waals surface area contributed by atoms with Crippen LogP contribution in [0.2, 0.25) is 0 Å². The fourth-order valence-electron chi connectivity index (χ4n) is 3.62. The van der Waals surface area contributed by atoms with E-state index in [9.17, 15) is 9.59 Å². The zero-order valence-corrected chi connectivity index (χ0v) is 16.3. The van der Waals surface area contributed by atoms with E-state index in [2.05, 4.69) is 5.16 Å². The van der Waals surface area contributed by atoms with Crippen LogP contribution in [0.1, 0.15) is 44.2 Å². The summed E-state index contributed by atoms with van der Waals surface area (Å²) < 4.78 is 6.04. The molecule has 2 aromatic carbocycles. The third-order valence-corrected chi connectivity index (χ3v) is 4.89. The van der Waals surface area contributed by atoms with Crippen LogP contribution >= 0.6 is 0 Å². The Morgan fingerprint density at radius 1 is 1.04 bits per heavy atom. The van der Waals surface area contributed by atoms with Crippen molar-refractivity contribution in [1.29, 1.82) is 0 Å². The summed E-state index contributed by atoms with van der Waals surface area (Å²) in [5.41, 5.74) is 0.866. The molecule has 146 valence electrons. The molecule has 1 aliphatic heterocycles. The number of carbonyl (C=O) groups is 2. The van der Waals surface area contributed by atoms with Crippen molar-refractivity contribution in [2.45, 2.75) is 38.7 Å². The Morgan fingerprint density at radius 3 is 2.07 bits per heavy atom. The normalized spacial score (nSPS) is 19.2. The van der Waals surface area contributed by atoms with Gasteiger partial charge >= 0.3 is 5.97 Å². The average Bonchev–Trinajstić information content (AvgIpc) is 2.72. The van der Waals surface area contributed by atoms with Crippen molar-refractivity contribution in [3.05, 3.63) is 71.8 Å². The molecule has 0 saturated carbocycles. The predicted octanol–water partition coefficient (Wildman–Crippen LogP) is 4.26. The van der Waals surface area contributed by atoms with Crippen LogP contribution < -0.4 is 0 Å². The summed E-state index contributed by atoms with van der Waals surface area (Å²) in [7, 11) is 0. The first-order valence-electron chi connectivity index (χ1n) is 9.67. The Morgan fingerprint density at radius 2 is 1.61 bits per heavy atom. The summed E-state index contributed by atoms with van der Waals surface area (Å²) >= 11 is 0. The second-order valence-electron chi connectivity index (χ2n) is 6.81. The van der Waals surface area contributed by atoms with E-state index in [1.807, 2.05) is 74.5 Å². The quantitative estimate of drug-likeness (QED) is 0.312. The molecule has 28 heavy (non-hydrogen) atoms. The van der Waals surface area contributed by atoms with Crippen LogP contribution in [0.3, 0.4) is 0 Å². The van der Waals surface area contributed by atoms with Crippen LogP contribution in [-0.4, -0.2) is 24.1 Å². The lowest BCUT2D eigenvalue weighted by molar-refractivity contribution is -0.170. The molecule has 1 fully saturated rings. The van der Waals surface area contributed by atoms with E-state index in [0.29, 0.717) is 18.7 Å². The summed E-state index contributed by atoms with van der Waals surface area (Å²) in [5, 5.41) is 4.04. The van der Waals surface area contributed by atoms with Crippen molar-refractivity contribution in [3.8, 4) is 0 Å². The van der Waals surface area contributed by atoms with Gasteiger partial charge in [0.25, 0.3) is 0 Å². The van der Waals surface area contributed by atoms with Crippen LogP contribution in [-0.2, 0) is 24.8 Å². The van der Waals surface area contributed by atoms with Gasteiger partial charge in [-0.2, -0.15) is 0 Å². The van der Waals surface area contributed by atoms with E-state index in [-0.39, 0.29) is 12.2 Å². The molecule has 0 amide bonds. The first-order chi connectivity index (χ1) is 13.6. The maximum atomic E-state index is 13.2. The molecular formula is C23H25NO4. The molecule has 0 aliphatic carbocycles. The predicted molar refractivity (Wildman–Crippen MR) is 107 cm³/mol. The number of oxime groups is 1. The van der Waals surface area contributed by atoms with Crippen LogP contribution in [0, 0.1) is 5.92 Å². The molecule has 5 nitrogen and oxygen atoms in total. The molecule has 0 aromatic heterocycles. The van der Waals surface area contributed by atoms with Gasteiger partial charge in [0, 0.05) is 11.1 Å². The Hall–Kier alpha value is -2.95. The first-order valence-corrected chi connectivity index (χ1v) is 9.67. The second-order valence-corrected chi connectivity index (χ2v) is 6.81. The molecule has 0 N–H and O–H groups in total. The van der Waals surface area contributed by atoms with Gasteiger partial charge in [-0.05, 0) is 13.3 Å². The lowest BCUT2D eigenvalue weighted by Gasteiger charge is -2.39. The van der Waals surface area contributed by atoms with E-state index >= 15 is 0 Å². The smallest absolute Gasteiger partial charge is 0.323 e. The van der Waals surface area contributed by atoms with Gasteiger partial charge in [-0.1, -0.05) is 79.2 Å². The highest BCUT2D eigenvalue weighted by molar-refractivity contribution is 6.20. The Balaban J connectivity index is 2.03. The molecule has 5 heteroatoms. The van der Waals surface area contributed by atoms with E-state index in [1.165, 1.54) is 0 Å². The number of ketones is 1. The van der Waals surface area contributed by atoms with Gasteiger partial charge in [0.1, 0.15) is 6.61 Å². The van der Waals surface area contributed by atoms with Crippen molar-refractivity contribution in [2.75, 3.05) is 6.61 Å². The monoisotopic (exact) mass is 379 g/mol. The largest absolute Gasteiger partial charge is 0.448 e. The molecule has 1 unspecified atom stereocenters. The summed E-state index contributed by atoms with van der Waals surface area (Å²) in [6, 6.07) is 18.8. The van der Waals surface area contributed by atoms with Gasteiger partial charge in [0.15, 0.2) is 17.3 Å². The van der Waals surface area contributed by atoms with Crippen molar-refractivity contribution < 1.29 is 19.2 Å². The minimum absolute atomic E-state index is 0.0618. The third-order valence-electron chi connectivity index (χ3n) is 4.89. The van der Waals surface area contributed by atoms with Gasteiger partial charge in [0.05, 0.1) is 12.1 Å². The van der Waals surface area contributed by atoms with Gasteiger partial charge < -0.3 is 9.57 Å². The molecule has 0 bridgehead atoms. The van der Waals surface area contributed by atoms with Crippen LogP contribution in [0.15, 0.2) is 65.8 Å². The topological polar surface area (TPSA) is 65.0 Å². The summed E-state index contributed by atoms with van der Waals surface area (Å²) in [6.45, 7) is 4.16. The van der Waals surface area contributed by atoms with Gasteiger partial charge in [-0.3, -0.25) is 9.59 Å². The van der Waals surface area contributed by atoms with Crippen LogP contribution in [0.4, 0.5) is 0 Å². The average molecular weight is 379 g/mol. The zero-order chi connectivity index (χ0) is 20.0. The molecule has 2 aromatic rings. The molecule has 1 atom stereocenters. The number of ether oxygens (including phenoxy) is 1. The highest BCUT2D eigenvalue weighted by atomic mass is 16.6. The Bertz CT molecular complexity index is 786. The Kier molecular flexibility index (Phi) is 6.24. The van der Waals surface area contributed by atoms with E-state index in [1.54, 1.807) is 0 Å². The summed E-state index contributed by atoms with van der Waals surface area (Å²) in [6.07, 6.45) is 1.33. The van der Waals surface area contributed by atoms with Gasteiger partial charge in [-0.15, -0.1) is 0 Å². The molecule has 1 saturated heterocycles. The van der Waals surface area contributed by atoms with E-state index < -0.39 is 17.5 Å².